The zero-order valence-electron chi connectivity index (χ0n) is 6.82. The molecule has 0 fully saturated rings. The summed E-state index contributed by atoms with van der Waals surface area (Å²) in [5.74, 6) is 0. The molecule has 2 aromatic heterocycles. The summed E-state index contributed by atoms with van der Waals surface area (Å²) < 4.78 is 0.911. The first-order chi connectivity index (χ1) is 6.66. The number of hydrogen-bond acceptors (Lipinski definition) is 3. The molecule has 0 bridgehead atoms. The largest absolute Gasteiger partial charge is 0.465 e. The standard InChI is InChI=1S/C8H5ClN2O2S/c9-7-4-3-6(11-8(12)13)14-5(4)1-2-10-7/h1-3,11H,(H,12,13). The summed E-state index contributed by atoms with van der Waals surface area (Å²) in [7, 11) is 0. The number of aromatic nitrogens is 1. The molecule has 14 heavy (non-hydrogen) atoms. The number of amides is 1. The smallest absolute Gasteiger partial charge is 0.409 e. The van der Waals surface area contributed by atoms with Gasteiger partial charge in [0.1, 0.15) is 5.15 Å². The number of halogens is 1. The molecule has 72 valence electrons. The first-order valence-electron chi connectivity index (χ1n) is 3.71. The Hall–Kier alpha value is -1.33. The molecule has 4 nitrogen and oxygen atoms in total. The zero-order chi connectivity index (χ0) is 10.1. The second-order valence-corrected chi connectivity index (χ2v) is 4.00. The van der Waals surface area contributed by atoms with Crippen LogP contribution >= 0.6 is 22.9 Å². The van der Waals surface area contributed by atoms with Gasteiger partial charge in [-0.1, -0.05) is 11.6 Å². The van der Waals surface area contributed by atoms with Crippen molar-refractivity contribution in [3.8, 4) is 0 Å². The average Bonchev–Trinajstić information content (AvgIpc) is 2.47. The van der Waals surface area contributed by atoms with Crippen molar-refractivity contribution in [3.05, 3.63) is 23.5 Å². The molecule has 0 aliphatic carbocycles. The fourth-order valence-corrected chi connectivity index (χ4v) is 2.31. The van der Waals surface area contributed by atoms with E-state index in [1.54, 1.807) is 18.3 Å². The van der Waals surface area contributed by atoms with E-state index < -0.39 is 6.09 Å². The van der Waals surface area contributed by atoms with Crippen LogP contribution in [0.1, 0.15) is 0 Å². The highest BCUT2D eigenvalue weighted by molar-refractivity contribution is 7.23. The van der Waals surface area contributed by atoms with E-state index in [1.165, 1.54) is 11.3 Å². The van der Waals surface area contributed by atoms with E-state index in [0.29, 0.717) is 10.2 Å². The van der Waals surface area contributed by atoms with E-state index in [1.807, 2.05) is 0 Å². The highest BCUT2D eigenvalue weighted by Crippen LogP contribution is 2.32. The highest BCUT2D eigenvalue weighted by Gasteiger charge is 2.06. The maximum absolute atomic E-state index is 10.4. The van der Waals surface area contributed by atoms with Crippen molar-refractivity contribution in [1.82, 2.24) is 4.98 Å². The van der Waals surface area contributed by atoms with E-state index >= 15 is 0 Å². The summed E-state index contributed by atoms with van der Waals surface area (Å²) in [5.41, 5.74) is 0. The van der Waals surface area contributed by atoms with Crippen molar-refractivity contribution in [1.29, 1.82) is 0 Å². The molecule has 0 saturated carbocycles. The number of carboxylic acid groups (broad SMARTS) is 1. The lowest BCUT2D eigenvalue weighted by atomic mass is 10.3. The number of pyridine rings is 1. The van der Waals surface area contributed by atoms with Gasteiger partial charge in [0, 0.05) is 16.3 Å². The zero-order valence-corrected chi connectivity index (χ0v) is 8.39. The Morgan fingerprint density at radius 3 is 3.07 bits per heavy atom. The lowest BCUT2D eigenvalue weighted by Crippen LogP contribution is -2.05. The number of fused-ring (bicyclic) bond motifs is 1. The molecule has 0 unspecified atom stereocenters. The number of thiophene rings is 1. The molecule has 2 N–H and O–H groups in total. The van der Waals surface area contributed by atoms with Crippen molar-refractivity contribution in [2.45, 2.75) is 0 Å². The summed E-state index contributed by atoms with van der Waals surface area (Å²) in [6, 6.07) is 3.46. The van der Waals surface area contributed by atoms with Crippen LogP contribution < -0.4 is 5.32 Å². The van der Waals surface area contributed by atoms with Gasteiger partial charge in [0.05, 0.1) is 5.00 Å². The van der Waals surface area contributed by atoms with Gasteiger partial charge in [0.2, 0.25) is 0 Å². The Morgan fingerprint density at radius 2 is 2.43 bits per heavy atom. The van der Waals surface area contributed by atoms with Crippen molar-refractivity contribution < 1.29 is 9.90 Å². The van der Waals surface area contributed by atoms with Gasteiger partial charge in [-0.2, -0.15) is 0 Å². The second-order valence-electron chi connectivity index (χ2n) is 2.55. The summed E-state index contributed by atoms with van der Waals surface area (Å²) in [5, 5.41) is 12.5. The molecule has 0 aliphatic rings. The number of carbonyl (C=O) groups is 1. The molecular formula is C8H5ClN2O2S. The van der Waals surface area contributed by atoms with Crippen LogP contribution in [0.15, 0.2) is 18.3 Å². The fourth-order valence-electron chi connectivity index (χ4n) is 1.10. The Kier molecular flexibility index (Phi) is 2.26. The molecular weight excluding hydrogens is 224 g/mol. The van der Waals surface area contributed by atoms with Crippen LogP contribution in [0.2, 0.25) is 5.15 Å². The molecule has 0 aliphatic heterocycles. The molecule has 6 heteroatoms. The van der Waals surface area contributed by atoms with Crippen LogP contribution in [0, 0.1) is 0 Å². The predicted octanol–water partition coefficient (Wildman–Crippen LogP) is 3.04. The van der Waals surface area contributed by atoms with Crippen LogP contribution in [-0.2, 0) is 0 Å². The molecule has 2 rings (SSSR count). The van der Waals surface area contributed by atoms with E-state index in [4.69, 9.17) is 16.7 Å². The predicted molar refractivity (Wildman–Crippen MR) is 56.3 cm³/mol. The van der Waals surface area contributed by atoms with Crippen LogP contribution in [-0.4, -0.2) is 16.2 Å². The normalized spacial score (nSPS) is 10.4. The van der Waals surface area contributed by atoms with Crippen molar-refractivity contribution >= 4 is 44.1 Å². The van der Waals surface area contributed by atoms with Gasteiger partial charge >= 0.3 is 6.09 Å². The van der Waals surface area contributed by atoms with Gasteiger partial charge in [-0.15, -0.1) is 11.3 Å². The molecule has 0 spiro atoms. The lowest BCUT2D eigenvalue weighted by Gasteiger charge is -1.91. The molecule has 2 aromatic rings. The van der Waals surface area contributed by atoms with Gasteiger partial charge < -0.3 is 5.11 Å². The third kappa shape index (κ3) is 1.64. The third-order valence-electron chi connectivity index (χ3n) is 1.63. The number of nitrogens with zero attached hydrogens (tertiary/aromatic N) is 1. The van der Waals surface area contributed by atoms with Crippen molar-refractivity contribution in [2.24, 2.45) is 0 Å². The molecule has 0 radical (unpaired) electrons. The van der Waals surface area contributed by atoms with Crippen LogP contribution in [0.25, 0.3) is 10.1 Å². The molecule has 0 atom stereocenters. The first-order valence-corrected chi connectivity index (χ1v) is 4.90. The fraction of sp³-hybridized carbons (Fsp3) is 0. The minimum atomic E-state index is -1.08. The number of rotatable bonds is 1. The summed E-state index contributed by atoms with van der Waals surface area (Å²) in [4.78, 5) is 14.3. The lowest BCUT2D eigenvalue weighted by molar-refractivity contribution is 0.210. The Labute approximate surface area is 88.1 Å². The quantitative estimate of drug-likeness (QED) is 0.738. The van der Waals surface area contributed by atoms with Gasteiger partial charge in [-0.05, 0) is 12.1 Å². The van der Waals surface area contributed by atoms with E-state index in [9.17, 15) is 4.79 Å². The number of hydrogen-bond donors (Lipinski definition) is 2. The van der Waals surface area contributed by atoms with E-state index in [0.717, 1.165) is 10.1 Å². The van der Waals surface area contributed by atoms with Crippen LogP contribution in [0.3, 0.4) is 0 Å². The minimum Gasteiger partial charge on any atom is -0.465 e. The molecule has 0 saturated heterocycles. The van der Waals surface area contributed by atoms with E-state index in [-0.39, 0.29) is 0 Å². The van der Waals surface area contributed by atoms with Crippen molar-refractivity contribution in [3.63, 3.8) is 0 Å². The topological polar surface area (TPSA) is 62.2 Å². The maximum atomic E-state index is 10.4. The van der Waals surface area contributed by atoms with Gasteiger partial charge in [0.15, 0.2) is 0 Å². The molecule has 1 amide bonds. The van der Waals surface area contributed by atoms with Crippen LogP contribution in [0.5, 0.6) is 0 Å². The number of nitrogens with one attached hydrogen (secondary N) is 1. The Morgan fingerprint density at radius 1 is 1.64 bits per heavy atom. The van der Waals surface area contributed by atoms with Gasteiger partial charge in [-0.25, -0.2) is 9.78 Å². The average molecular weight is 229 g/mol. The monoisotopic (exact) mass is 228 g/mol. The summed E-state index contributed by atoms with van der Waals surface area (Å²) in [6.07, 6.45) is 0.506. The first kappa shape index (κ1) is 9.23. The highest BCUT2D eigenvalue weighted by atomic mass is 35.5. The maximum Gasteiger partial charge on any atom is 0.409 e. The second kappa shape index (κ2) is 3.43. The number of anilines is 1. The van der Waals surface area contributed by atoms with Crippen molar-refractivity contribution in [2.75, 3.05) is 5.32 Å². The summed E-state index contributed by atoms with van der Waals surface area (Å²) in [6.45, 7) is 0. The molecule has 0 aromatic carbocycles. The minimum absolute atomic E-state index is 0.386. The third-order valence-corrected chi connectivity index (χ3v) is 2.94. The Bertz CT molecular complexity index is 497. The van der Waals surface area contributed by atoms with Gasteiger partial charge in [0.25, 0.3) is 0 Å². The van der Waals surface area contributed by atoms with Crippen LogP contribution in [0.4, 0.5) is 9.80 Å². The summed E-state index contributed by atoms with van der Waals surface area (Å²) >= 11 is 7.15. The molecule has 2 heterocycles. The Balaban J connectivity index is 2.51. The SMILES string of the molecule is O=C(O)Nc1cc2c(Cl)nccc2s1. The van der Waals surface area contributed by atoms with Gasteiger partial charge in [-0.3, -0.25) is 5.32 Å². The van der Waals surface area contributed by atoms with E-state index in [2.05, 4.69) is 10.3 Å².